The number of halogens is 2. The Kier molecular flexibility index (Phi) is 8.07. The molecule has 0 aliphatic carbocycles. The highest BCUT2D eigenvalue weighted by molar-refractivity contribution is 14.1. The number of imide groups is 2. The molecule has 5 aromatic carbocycles. The molecule has 0 spiro atoms. The number of anilines is 2. The molecule has 0 N–H and O–H groups in total. The molecule has 0 bridgehead atoms. The number of hydrogen-bond acceptors (Lipinski definition) is 4. The number of fused-ring (bicyclic) bond motifs is 1. The second kappa shape index (κ2) is 12.1. The zero-order valence-corrected chi connectivity index (χ0v) is 26.4. The van der Waals surface area contributed by atoms with E-state index in [9.17, 15) is 14.4 Å². The molecular weight excluding hydrogens is 754 g/mol. The third kappa shape index (κ3) is 5.43. The summed E-state index contributed by atoms with van der Waals surface area (Å²) < 4.78 is 7.95. The number of barbiturate groups is 1. The van der Waals surface area contributed by atoms with E-state index >= 15 is 0 Å². The van der Waals surface area contributed by atoms with Crippen molar-refractivity contribution in [3.05, 3.63) is 139 Å². The minimum absolute atomic E-state index is 0.113. The van der Waals surface area contributed by atoms with E-state index in [0.29, 0.717) is 23.5 Å². The molecule has 1 saturated heterocycles. The molecule has 42 heavy (non-hydrogen) atoms. The molecule has 0 unspecified atom stereocenters. The predicted molar refractivity (Wildman–Crippen MR) is 181 cm³/mol. The number of amides is 4. The van der Waals surface area contributed by atoms with E-state index in [1.54, 1.807) is 66.7 Å². The van der Waals surface area contributed by atoms with Crippen molar-refractivity contribution in [3.8, 4) is 5.75 Å². The van der Waals surface area contributed by atoms with Gasteiger partial charge >= 0.3 is 6.03 Å². The number of nitrogens with zero attached hydrogens (tertiary/aromatic N) is 2. The van der Waals surface area contributed by atoms with Crippen molar-refractivity contribution >= 4 is 91.3 Å². The van der Waals surface area contributed by atoms with Crippen LogP contribution < -0.4 is 14.5 Å². The fraction of sp³-hybridized carbons (Fsp3) is 0.0294. The molecular formula is C34H22I2N2O4. The van der Waals surface area contributed by atoms with Crippen LogP contribution in [0.1, 0.15) is 11.1 Å². The smallest absolute Gasteiger partial charge is 0.343 e. The fourth-order valence-electron chi connectivity index (χ4n) is 4.87. The van der Waals surface area contributed by atoms with Crippen LogP contribution in [0.25, 0.3) is 16.8 Å². The first kappa shape index (κ1) is 28.1. The highest BCUT2D eigenvalue weighted by Crippen LogP contribution is 2.33. The van der Waals surface area contributed by atoms with Gasteiger partial charge in [0, 0.05) is 0 Å². The maximum Gasteiger partial charge on any atom is 0.343 e. The minimum Gasteiger partial charge on any atom is -0.487 e. The topological polar surface area (TPSA) is 66.9 Å². The number of benzene rings is 5. The minimum atomic E-state index is -0.721. The van der Waals surface area contributed by atoms with E-state index in [4.69, 9.17) is 4.74 Å². The SMILES string of the molecule is O=C1C(=Cc2cc(I)c(OCc3cccc4ccccc34)c(I)c2)C(=O)N(c2ccccc2)C(=O)N1c1ccccc1. The van der Waals surface area contributed by atoms with Crippen LogP contribution in [-0.4, -0.2) is 17.8 Å². The lowest BCUT2D eigenvalue weighted by Crippen LogP contribution is -2.57. The lowest BCUT2D eigenvalue weighted by atomic mass is 10.0. The molecule has 8 heteroatoms. The Morgan fingerprint density at radius 2 is 1.17 bits per heavy atom. The largest absolute Gasteiger partial charge is 0.487 e. The monoisotopic (exact) mass is 776 g/mol. The molecule has 1 aliphatic rings. The number of para-hydroxylation sites is 2. The maximum absolute atomic E-state index is 13.7. The highest BCUT2D eigenvalue weighted by atomic mass is 127. The van der Waals surface area contributed by atoms with E-state index in [2.05, 4.69) is 69.4 Å². The van der Waals surface area contributed by atoms with Crippen LogP contribution in [0, 0.1) is 7.14 Å². The van der Waals surface area contributed by atoms with E-state index in [1.165, 1.54) is 0 Å². The van der Waals surface area contributed by atoms with Crippen LogP contribution in [-0.2, 0) is 16.2 Å². The Labute approximate surface area is 269 Å². The Balaban J connectivity index is 1.35. The van der Waals surface area contributed by atoms with Crippen molar-refractivity contribution in [1.29, 1.82) is 0 Å². The number of carbonyl (C=O) groups is 3. The second-order valence-electron chi connectivity index (χ2n) is 9.53. The Morgan fingerprint density at radius 3 is 1.76 bits per heavy atom. The molecule has 1 heterocycles. The first-order valence-electron chi connectivity index (χ1n) is 13.1. The van der Waals surface area contributed by atoms with Gasteiger partial charge in [0.1, 0.15) is 17.9 Å². The molecule has 5 aromatic rings. The quantitative estimate of drug-likeness (QED) is 0.0992. The summed E-state index contributed by atoms with van der Waals surface area (Å²) in [5, 5.41) is 2.29. The average molecular weight is 776 g/mol. The van der Waals surface area contributed by atoms with E-state index in [-0.39, 0.29) is 5.57 Å². The van der Waals surface area contributed by atoms with E-state index in [0.717, 1.165) is 39.0 Å². The summed E-state index contributed by atoms with van der Waals surface area (Å²) in [6.45, 7) is 0.394. The molecule has 0 atom stereocenters. The molecule has 0 saturated carbocycles. The van der Waals surface area contributed by atoms with Crippen molar-refractivity contribution in [3.63, 3.8) is 0 Å². The predicted octanol–water partition coefficient (Wildman–Crippen LogP) is 8.21. The maximum atomic E-state index is 13.7. The van der Waals surface area contributed by atoms with Crippen molar-refractivity contribution in [1.82, 2.24) is 0 Å². The molecule has 0 aromatic heterocycles. The summed E-state index contributed by atoms with van der Waals surface area (Å²) >= 11 is 4.41. The summed E-state index contributed by atoms with van der Waals surface area (Å²) in [7, 11) is 0. The second-order valence-corrected chi connectivity index (χ2v) is 11.9. The van der Waals surface area contributed by atoms with E-state index < -0.39 is 17.8 Å². The van der Waals surface area contributed by atoms with Gasteiger partial charge < -0.3 is 4.74 Å². The van der Waals surface area contributed by atoms with E-state index in [1.807, 2.05) is 30.3 Å². The van der Waals surface area contributed by atoms with Gasteiger partial charge in [-0.15, -0.1) is 0 Å². The van der Waals surface area contributed by atoms with Crippen LogP contribution in [0.3, 0.4) is 0 Å². The molecule has 4 amide bonds. The van der Waals surface area contributed by atoms with Gasteiger partial charge in [-0.1, -0.05) is 78.9 Å². The molecule has 1 aliphatic heterocycles. The van der Waals surface area contributed by atoms with Crippen LogP contribution in [0.15, 0.2) is 121 Å². The number of hydrogen-bond donors (Lipinski definition) is 0. The number of urea groups is 1. The summed E-state index contributed by atoms with van der Waals surface area (Å²) in [6.07, 6.45) is 1.54. The molecule has 6 rings (SSSR count). The van der Waals surface area contributed by atoms with Crippen LogP contribution in [0.2, 0.25) is 0 Å². The lowest BCUT2D eigenvalue weighted by molar-refractivity contribution is -0.121. The van der Waals surface area contributed by atoms with Gasteiger partial charge in [-0.25, -0.2) is 14.6 Å². The summed E-state index contributed by atoms with van der Waals surface area (Å²) in [4.78, 5) is 43.0. The van der Waals surface area contributed by atoms with Gasteiger partial charge in [-0.2, -0.15) is 0 Å². The first-order chi connectivity index (χ1) is 20.4. The van der Waals surface area contributed by atoms with Crippen molar-refractivity contribution in [2.24, 2.45) is 0 Å². The summed E-state index contributed by atoms with van der Waals surface area (Å²) in [5.74, 6) is -0.631. The summed E-state index contributed by atoms with van der Waals surface area (Å²) in [5.41, 5.74) is 2.38. The number of rotatable bonds is 6. The zero-order valence-electron chi connectivity index (χ0n) is 22.0. The van der Waals surface area contributed by atoms with Crippen molar-refractivity contribution in [2.75, 3.05) is 9.80 Å². The first-order valence-corrected chi connectivity index (χ1v) is 15.2. The zero-order chi connectivity index (χ0) is 29.2. The van der Waals surface area contributed by atoms with Gasteiger partial charge in [-0.05, 0) is 110 Å². The molecule has 1 fully saturated rings. The molecule has 6 nitrogen and oxygen atoms in total. The Hall–Kier alpha value is -4.03. The molecule has 206 valence electrons. The average Bonchev–Trinajstić information content (AvgIpc) is 3.00. The third-order valence-electron chi connectivity index (χ3n) is 6.86. The standard InChI is InChI=1S/C34H22I2N2O4/c35-29-19-22(20-30(36)31(29)42-21-24-12-9-11-23-10-7-8-17-27(23)24)18-28-32(39)37(25-13-3-1-4-14-25)34(41)38(33(28)40)26-15-5-2-6-16-26/h1-20H,21H2. The Morgan fingerprint density at radius 1 is 0.643 bits per heavy atom. The Bertz CT molecular complexity index is 1780. The van der Waals surface area contributed by atoms with Crippen LogP contribution in [0.4, 0.5) is 16.2 Å². The van der Waals surface area contributed by atoms with Crippen molar-refractivity contribution in [2.45, 2.75) is 6.61 Å². The van der Waals surface area contributed by atoms with Crippen LogP contribution in [0.5, 0.6) is 5.75 Å². The third-order valence-corrected chi connectivity index (χ3v) is 8.46. The molecule has 0 radical (unpaired) electrons. The van der Waals surface area contributed by atoms with Crippen LogP contribution >= 0.6 is 45.2 Å². The van der Waals surface area contributed by atoms with Gasteiger partial charge in [0.2, 0.25) is 0 Å². The normalized spacial score (nSPS) is 13.6. The lowest BCUT2D eigenvalue weighted by Gasteiger charge is -2.34. The fourth-order valence-corrected chi connectivity index (χ4v) is 7.00. The number of carbonyl (C=O) groups excluding carboxylic acids is 3. The van der Waals surface area contributed by atoms with Gasteiger partial charge in [-0.3, -0.25) is 9.59 Å². The van der Waals surface area contributed by atoms with Gasteiger partial charge in [0.15, 0.2) is 0 Å². The van der Waals surface area contributed by atoms with Gasteiger partial charge in [0.05, 0.1) is 18.5 Å². The highest BCUT2D eigenvalue weighted by Gasteiger charge is 2.43. The van der Waals surface area contributed by atoms with Gasteiger partial charge in [0.25, 0.3) is 11.8 Å². The van der Waals surface area contributed by atoms with Crippen molar-refractivity contribution < 1.29 is 19.1 Å². The summed E-state index contributed by atoms with van der Waals surface area (Å²) in [6, 6.07) is 34.6. The number of ether oxygens (including phenoxy) is 1.